The minimum Gasteiger partial charge on any atom is -0.507 e. The summed E-state index contributed by atoms with van der Waals surface area (Å²) in [5, 5.41) is 15.3. The first kappa shape index (κ1) is 15.8. The van der Waals surface area contributed by atoms with E-state index in [9.17, 15) is 9.90 Å². The first-order valence-electron chi connectivity index (χ1n) is 8.13. The number of carbonyl (C=O) groups excluding carboxylic acids is 1. The van der Waals surface area contributed by atoms with Crippen molar-refractivity contribution in [2.24, 2.45) is 5.92 Å². The second kappa shape index (κ2) is 6.20. The Labute approximate surface area is 136 Å². The number of hydrogen-bond acceptors (Lipinski definition) is 4. The van der Waals surface area contributed by atoms with E-state index in [0.29, 0.717) is 5.92 Å². The van der Waals surface area contributed by atoms with Gasteiger partial charge >= 0.3 is 5.97 Å². The Morgan fingerprint density at radius 2 is 1.78 bits per heavy atom. The van der Waals surface area contributed by atoms with E-state index in [1.165, 1.54) is 0 Å². The number of phenols is 1. The van der Waals surface area contributed by atoms with Crippen LogP contribution in [-0.4, -0.2) is 29.8 Å². The predicted octanol–water partition coefficient (Wildman–Crippen LogP) is 3.48. The van der Waals surface area contributed by atoms with Gasteiger partial charge in [-0.05, 0) is 62.7 Å². The highest BCUT2D eigenvalue weighted by Crippen LogP contribution is 2.32. The molecule has 1 heterocycles. The molecule has 2 N–H and O–H groups in total. The van der Waals surface area contributed by atoms with Gasteiger partial charge in [0.1, 0.15) is 16.9 Å². The molecule has 23 heavy (non-hydrogen) atoms. The highest BCUT2D eigenvalue weighted by Gasteiger charge is 2.34. The molecule has 122 valence electrons. The monoisotopic (exact) mass is 313 g/mol. The van der Waals surface area contributed by atoms with E-state index in [-0.39, 0.29) is 11.3 Å². The molecule has 0 aliphatic carbocycles. The first-order valence-corrected chi connectivity index (χ1v) is 8.13. The normalized spacial score (nSPS) is 16.4. The van der Waals surface area contributed by atoms with Crippen LogP contribution in [0.2, 0.25) is 0 Å². The van der Waals surface area contributed by atoms with Gasteiger partial charge in [0.2, 0.25) is 0 Å². The van der Waals surface area contributed by atoms with E-state index in [1.54, 1.807) is 12.1 Å². The van der Waals surface area contributed by atoms with Crippen molar-refractivity contribution in [3.63, 3.8) is 0 Å². The lowest BCUT2D eigenvalue weighted by Gasteiger charge is -2.36. The molecule has 2 aromatic carbocycles. The Bertz CT molecular complexity index is 718. The second-order valence-electron chi connectivity index (χ2n) is 6.73. The van der Waals surface area contributed by atoms with Crippen molar-refractivity contribution in [2.45, 2.75) is 32.3 Å². The molecule has 0 saturated carbocycles. The van der Waals surface area contributed by atoms with Crippen LogP contribution in [0.15, 0.2) is 36.4 Å². The topological polar surface area (TPSA) is 58.6 Å². The third kappa shape index (κ3) is 3.32. The molecule has 1 fully saturated rings. The molecule has 0 unspecified atom stereocenters. The Kier molecular flexibility index (Phi) is 4.26. The van der Waals surface area contributed by atoms with Gasteiger partial charge in [-0.25, -0.2) is 4.79 Å². The average Bonchev–Trinajstić information content (AvgIpc) is 2.54. The van der Waals surface area contributed by atoms with E-state index in [1.807, 2.05) is 38.1 Å². The van der Waals surface area contributed by atoms with E-state index < -0.39 is 11.6 Å². The smallest absolute Gasteiger partial charge is 0.342 e. The minimum atomic E-state index is -0.544. The van der Waals surface area contributed by atoms with Crippen LogP contribution in [0.3, 0.4) is 0 Å². The molecule has 0 bridgehead atoms. The number of rotatable bonds is 3. The molecule has 0 aromatic heterocycles. The maximum absolute atomic E-state index is 12.6. The van der Waals surface area contributed by atoms with Crippen molar-refractivity contribution in [2.75, 3.05) is 13.1 Å². The van der Waals surface area contributed by atoms with Crippen LogP contribution in [0.25, 0.3) is 10.8 Å². The fourth-order valence-electron chi connectivity index (χ4n) is 3.29. The zero-order chi connectivity index (χ0) is 16.4. The lowest BCUT2D eigenvalue weighted by molar-refractivity contribution is -0.0369. The third-order valence-corrected chi connectivity index (χ3v) is 4.76. The van der Waals surface area contributed by atoms with Gasteiger partial charge in [-0.1, -0.05) is 24.3 Å². The van der Waals surface area contributed by atoms with Crippen molar-refractivity contribution in [3.8, 4) is 5.75 Å². The van der Waals surface area contributed by atoms with Crippen molar-refractivity contribution < 1.29 is 14.6 Å². The Morgan fingerprint density at radius 3 is 2.43 bits per heavy atom. The highest BCUT2D eigenvalue weighted by atomic mass is 16.6. The number of carbonyl (C=O) groups is 1. The number of fused-ring (bicyclic) bond motifs is 1. The summed E-state index contributed by atoms with van der Waals surface area (Å²) in [6.45, 7) is 5.82. The van der Waals surface area contributed by atoms with E-state index in [4.69, 9.17) is 4.74 Å². The molecule has 3 rings (SSSR count). The van der Waals surface area contributed by atoms with Crippen LogP contribution in [0.5, 0.6) is 5.75 Å². The van der Waals surface area contributed by atoms with Crippen LogP contribution < -0.4 is 5.32 Å². The summed E-state index contributed by atoms with van der Waals surface area (Å²) in [7, 11) is 0. The van der Waals surface area contributed by atoms with E-state index in [2.05, 4.69) is 5.32 Å². The molecule has 0 atom stereocenters. The van der Waals surface area contributed by atoms with E-state index >= 15 is 0 Å². The molecular formula is C19H23NO3. The van der Waals surface area contributed by atoms with E-state index in [0.717, 1.165) is 36.7 Å². The molecule has 1 aliphatic heterocycles. The van der Waals surface area contributed by atoms with Crippen LogP contribution in [0.1, 0.15) is 37.0 Å². The van der Waals surface area contributed by atoms with Gasteiger partial charge in [-0.2, -0.15) is 0 Å². The Morgan fingerprint density at radius 1 is 1.17 bits per heavy atom. The molecule has 2 aromatic rings. The van der Waals surface area contributed by atoms with Crippen LogP contribution in [0.4, 0.5) is 0 Å². The van der Waals surface area contributed by atoms with Gasteiger partial charge < -0.3 is 15.2 Å². The molecule has 4 nitrogen and oxygen atoms in total. The largest absolute Gasteiger partial charge is 0.507 e. The molecule has 4 heteroatoms. The van der Waals surface area contributed by atoms with Crippen molar-refractivity contribution >= 4 is 16.7 Å². The predicted molar refractivity (Wildman–Crippen MR) is 90.7 cm³/mol. The summed E-state index contributed by atoms with van der Waals surface area (Å²) < 4.78 is 5.77. The number of ether oxygens (including phenoxy) is 1. The minimum absolute atomic E-state index is 0.0326. The fourth-order valence-corrected chi connectivity index (χ4v) is 3.29. The van der Waals surface area contributed by atoms with Gasteiger partial charge in [0, 0.05) is 5.92 Å². The van der Waals surface area contributed by atoms with Gasteiger partial charge in [-0.15, -0.1) is 0 Å². The summed E-state index contributed by atoms with van der Waals surface area (Å²) in [6, 6.07) is 11.0. The number of aromatic hydroxyl groups is 1. The third-order valence-electron chi connectivity index (χ3n) is 4.76. The van der Waals surface area contributed by atoms with Gasteiger partial charge in [0.15, 0.2) is 0 Å². The maximum atomic E-state index is 12.6. The Balaban J connectivity index is 1.83. The molecule has 0 radical (unpaired) electrons. The standard InChI is InChI=1S/C19H23NO3/c1-19(2,15-7-9-20-10-8-15)23-18(22)16-11-13-5-3-4-6-14(13)12-17(16)21/h3-6,11-12,15,20-21H,7-10H2,1-2H3. The number of esters is 1. The summed E-state index contributed by atoms with van der Waals surface area (Å²) in [5.41, 5.74) is -0.317. The molecule has 1 saturated heterocycles. The maximum Gasteiger partial charge on any atom is 0.342 e. The molecular weight excluding hydrogens is 290 g/mol. The zero-order valence-corrected chi connectivity index (χ0v) is 13.6. The SMILES string of the molecule is CC(C)(OC(=O)c1cc2ccccc2cc1O)C1CCNCC1. The first-order chi connectivity index (χ1) is 11.0. The number of phenolic OH excluding ortho intramolecular Hbond substituents is 1. The fraction of sp³-hybridized carbons (Fsp3) is 0.421. The Hall–Kier alpha value is -2.07. The van der Waals surface area contributed by atoms with Gasteiger partial charge in [-0.3, -0.25) is 0 Å². The highest BCUT2D eigenvalue weighted by molar-refractivity contribution is 5.98. The number of benzene rings is 2. The van der Waals surface area contributed by atoms with Crippen LogP contribution in [-0.2, 0) is 4.74 Å². The average molecular weight is 313 g/mol. The zero-order valence-electron chi connectivity index (χ0n) is 13.6. The van der Waals surface area contributed by atoms with Crippen LogP contribution >= 0.6 is 0 Å². The van der Waals surface area contributed by atoms with Crippen molar-refractivity contribution in [1.82, 2.24) is 5.32 Å². The summed E-state index contributed by atoms with van der Waals surface area (Å²) in [4.78, 5) is 12.6. The lowest BCUT2D eigenvalue weighted by atomic mass is 9.83. The number of piperidine rings is 1. The van der Waals surface area contributed by atoms with Gasteiger partial charge in [0.05, 0.1) is 0 Å². The molecule has 0 spiro atoms. The summed E-state index contributed by atoms with van der Waals surface area (Å²) in [6.07, 6.45) is 1.98. The number of nitrogens with one attached hydrogen (secondary N) is 1. The van der Waals surface area contributed by atoms with Gasteiger partial charge in [0.25, 0.3) is 0 Å². The number of hydrogen-bond donors (Lipinski definition) is 2. The second-order valence-corrected chi connectivity index (χ2v) is 6.73. The quantitative estimate of drug-likeness (QED) is 0.852. The van der Waals surface area contributed by atoms with Crippen LogP contribution in [0, 0.1) is 5.92 Å². The summed E-state index contributed by atoms with van der Waals surface area (Å²) >= 11 is 0. The molecule has 0 amide bonds. The van der Waals surface area contributed by atoms with Crippen molar-refractivity contribution in [3.05, 3.63) is 42.0 Å². The molecule has 1 aliphatic rings. The summed E-state index contributed by atoms with van der Waals surface area (Å²) in [5.74, 6) is -0.165. The van der Waals surface area contributed by atoms with Crippen molar-refractivity contribution in [1.29, 1.82) is 0 Å². The lowest BCUT2D eigenvalue weighted by Crippen LogP contribution is -2.42.